The van der Waals surface area contributed by atoms with Gasteiger partial charge in [-0.3, -0.25) is 0 Å². The third kappa shape index (κ3) is 6.10. The molecule has 20 unspecified atom stereocenters. The van der Waals surface area contributed by atoms with Crippen molar-refractivity contribution >= 4 is 0 Å². The van der Waals surface area contributed by atoms with Crippen molar-refractivity contribution in [3.63, 3.8) is 0 Å². The van der Waals surface area contributed by atoms with Crippen molar-refractivity contribution < 1.29 is 0 Å². The fourth-order valence-electron chi connectivity index (χ4n) is 20.0. The highest BCUT2D eigenvalue weighted by Gasteiger charge is 2.86. The summed E-state index contributed by atoms with van der Waals surface area (Å²) in [6, 6.07) is 0. The van der Waals surface area contributed by atoms with Gasteiger partial charge in [-0.1, -0.05) is 154 Å². The summed E-state index contributed by atoms with van der Waals surface area (Å²) in [5, 5.41) is 0. The maximum Gasteiger partial charge on any atom is -0.0312 e. The van der Waals surface area contributed by atoms with Gasteiger partial charge in [-0.2, -0.15) is 0 Å². The smallest absolute Gasteiger partial charge is 0.0312 e. The molecule has 12 rings (SSSR count). The van der Waals surface area contributed by atoms with E-state index in [2.05, 4.69) is 0 Å². The van der Waals surface area contributed by atoms with Gasteiger partial charge in [0.1, 0.15) is 0 Å². The number of rotatable bonds is 0. The lowest BCUT2D eigenvalue weighted by Gasteiger charge is -2.91. The van der Waals surface area contributed by atoms with Crippen molar-refractivity contribution in [2.24, 2.45) is 118 Å². The van der Waals surface area contributed by atoms with Gasteiger partial charge < -0.3 is 0 Å². The average Bonchev–Trinajstić information content (AvgIpc) is 3.14. The van der Waals surface area contributed by atoms with Gasteiger partial charge >= 0.3 is 0 Å². The minimum absolute atomic E-state index is 1.06. The predicted molar refractivity (Wildman–Crippen MR) is 222 cm³/mol. The van der Waals surface area contributed by atoms with E-state index in [1.165, 1.54) is 135 Å². The first-order valence-corrected chi connectivity index (χ1v) is 26.4. The Kier molecular flexibility index (Phi) is 10.7. The van der Waals surface area contributed by atoms with Gasteiger partial charge in [0.15, 0.2) is 0 Å². The lowest BCUT2D eigenvalue weighted by Crippen LogP contribution is -2.87. The first kappa shape index (κ1) is 36.1. The summed E-state index contributed by atoms with van der Waals surface area (Å²) in [6.45, 7) is 0. The molecular weight excluding hydrogens is 637 g/mol. The fourth-order valence-corrected chi connectivity index (χ4v) is 20.0. The van der Waals surface area contributed by atoms with Crippen LogP contribution in [0.25, 0.3) is 0 Å². The van der Waals surface area contributed by atoms with Crippen LogP contribution in [0.4, 0.5) is 0 Å². The summed E-state index contributed by atoms with van der Waals surface area (Å²) in [5.74, 6) is 23.7. The molecule has 0 aromatic heterocycles. The van der Waals surface area contributed by atoms with Crippen LogP contribution in [0.3, 0.4) is 0 Å². The molecule has 12 aliphatic carbocycles. The molecule has 0 heterocycles. The zero-order valence-corrected chi connectivity index (χ0v) is 34.9. The van der Waals surface area contributed by atoms with Gasteiger partial charge in [0.05, 0.1) is 0 Å². The summed E-state index contributed by atoms with van der Waals surface area (Å²) in [6.07, 6.45) is 52.5. The molecule has 12 aliphatic rings. The highest BCUT2D eigenvalue weighted by Crippen LogP contribution is 2.90. The van der Waals surface area contributed by atoms with Crippen molar-refractivity contribution in [2.45, 2.75) is 212 Å². The third-order valence-corrected chi connectivity index (χ3v) is 21.9. The van der Waals surface area contributed by atoms with Crippen molar-refractivity contribution in [1.29, 1.82) is 0 Å². The van der Waals surface area contributed by atoms with E-state index in [0.29, 0.717) is 0 Å². The Morgan fingerprint density at radius 3 is 1.08 bits per heavy atom. The number of fused-ring (bicyclic) bond motifs is 18. The SMILES string of the molecule is C1CCCCCCC2C3CCCCCCCCCCCC(CCCCC1)CC1CC4CC5C4C4C5C5C6C7C8CCCCC2C3C1CCCC8C7C6C45. The van der Waals surface area contributed by atoms with Crippen LogP contribution in [0.1, 0.15) is 212 Å². The quantitative estimate of drug-likeness (QED) is 0.233. The standard InChI is InChI=1S/C53H86/c1-2-6-10-14-18-25-38-39-26-19-15-11-7-3-5-9-13-17-24-34(23-16-12-8-4-1)31-35-32-36-33-43-44(36)49-48(43)52-50-46-41-28-21-20-27-40(38)45(39)37(35)29-22-30-42(41)47(46)51(50)53(49)52/h34-53H,1-33H2. The Hall–Kier alpha value is 0. The monoisotopic (exact) mass is 723 g/mol. The Morgan fingerprint density at radius 2 is 0.528 bits per heavy atom. The zero-order chi connectivity index (χ0) is 34.9. The second-order valence-electron chi connectivity index (χ2n) is 23.6. The highest BCUT2D eigenvalue weighted by molar-refractivity contribution is 5.33. The van der Waals surface area contributed by atoms with Crippen LogP contribution in [0.5, 0.6) is 0 Å². The Morgan fingerprint density at radius 1 is 0.170 bits per heavy atom. The van der Waals surface area contributed by atoms with Crippen molar-refractivity contribution in [2.75, 3.05) is 0 Å². The van der Waals surface area contributed by atoms with Crippen molar-refractivity contribution in [3.8, 4) is 0 Å². The highest BCUT2D eigenvalue weighted by atomic mass is 14.9. The topological polar surface area (TPSA) is 0 Å². The Balaban J connectivity index is 0.939. The van der Waals surface area contributed by atoms with E-state index < -0.39 is 0 Å². The Bertz CT molecular complexity index is 1210. The maximum absolute atomic E-state index is 1.72. The minimum Gasteiger partial charge on any atom is -0.0533 e. The molecule has 0 N–H and O–H groups in total. The lowest BCUT2D eigenvalue weighted by molar-refractivity contribution is -0.439. The van der Waals surface area contributed by atoms with Crippen LogP contribution < -0.4 is 0 Å². The zero-order valence-electron chi connectivity index (χ0n) is 34.9. The van der Waals surface area contributed by atoms with E-state index in [1.54, 1.807) is 148 Å². The largest absolute Gasteiger partial charge is 0.0533 e. The predicted octanol–water partition coefficient (Wildman–Crippen LogP) is 15.3. The molecule has 298 valence electrons. The first-order valence-electron chi connectivity index (χ1n) is 26.4. The van der Waals surface area contributed by atoms with Crippen LogP contribution in [-0.4, -0.2) is 0 Å². The summed E-state index contributed by atoms with van der Waals surface area (Å²) in [4.78, 5) is 0. The molecule has 0 nitrogen and oxygen atoms in total. The second-order valence-corrected chi connectivity index (χ2v) is 23.6. The van der Waals surface area contributed by atoms with E-state index in [4.69, 9.17) is 0 Å². The van der Waals surface area contributed by atoms with Gasteiger partial charge in [-0.25, -0.2) is 0 Å². The molecule has 12 fully saturated rings. The summed E-state index contributed by atoms with van der Waals surface area (Å²) in [5.41, 5.74) is 0. The summed E-state index contributed by atoms with van der Waals surface area (Å²) < 4.78 is 0. The van der Waals surface area contributed by atoms with Crippen LogP contribution in [-0.2, 0) is 0 Å². The molecule has 0 radical (unpaired) electrons. The molecule has 20 atom stereocenters. The van der Waals surface area contributed by atoms with E-state index in [-0.39, 0.29) is 0 Å². The molecule has 12 saturated carbocycles. The van der Waals surface area contributed by atoms with Crippen molar-refractivity contribution in [3.05, 3.63) is 0 Å². The normalized spacial score (nSPS) is 55.7. The minimum atomic E-state index is 1.06. The molecule has 0 saturated heterocycles. The average molecular weight is 723 g/mol. The number of hydrogen-bond donors (Lipinski definition) is 0. The summed E-state index contributed by atoms with van der Waals surface area (Å²) >= 11 is 0. The van der Waals surface area contributed by atoms with Gasteiger partial charge in [-0.05, 0) is 176 Å². The fraction of sp³-hybridized carbons (Fsp3) is 1.00. The molecule has 0 heteroatoms. The molecule has 0 spiro atoms. The molecule has 7 bridgehead atoms. The molecule has 0 amide bonds. The van der Waals surface area contributed by atoms with E-state index in [1.807, 2.05) is 0 Å². The van der Waals surface area contributed by atoms with E-state index >= 15 is 0 Å². The summed E-state index contributed by atoms with van der Waals surface area (Å²) in [7, 11) is 0. The molecule has 0 aromatic carbocycles. The third-order valence-electron chi connectivity index (χ3n) is 21.9. The number of hydrogen-bond acceptors (Lipinski definition) is 0. The molecule has 0 aliphatic heterocycles. The van der Waals surface area contributed by atoms with Gasteiger partial charge in [-0.15, -0.1) is 0 Å². The molecule has 53 heavy (non-hydrogen) atoms. The molecule has 0 aromatic rings. The van der Waals surface area contributed by atoms with Gasteiger partial charge in [0, 0.05) is 0 Å². The van der Waals surface area contributed by atoms with Crippen LogP contribution in [0, 0.1) is 118 Å². The maximum atomic E-state index is 1.72. The Labute approximate surface area is 329 Å². The van der Waals surface area contributed by atoms with E-state index in [0.717, 1.165) is 47.3 Å². The second kappa shape index (κ2) is 15.6. The van der Waals surface area contributed by atoms with Crippen molar-refractivity contribution in [1.82, 2.24) is 0 Å². The van der Waals surface area contributed by atoms with Gasteiger partial charge in [0.2, 0.25) is 0 Å². The van der Waals surface area contributed by atoms with Gasteiger partial charge in [0.25, 0.3) is 0 Å². The van der Waals surface area contributed by atoms with Crippen LogP contribution in [0.2, 0.25) is 0 Å². The first-order chi connectivity index (χ1) is 26.4. The van der Waals surface area contributed by atoms with Crippen LogP contribution >= 0.6 is 0 Å². The lowest BCUT2D eigenvalue weighted by atomic mass is 9.14. The molecular formula is C53H86. The van der Waals surface area contributed by atoms with E-state index in [9.17, 15) is 0 Å². The van der Waals surface area contributed by atoms with Crippen LogP contribution in [0.15, 0.2) is 0 Å².